The molecule has 2 saturated heterocycles. The van der Waals surface area contributed by atoms with Crippen molar-refractivity contribution in [2.75, 3.05) is 31.8 Å². The zero-order valence-electron chi connectivity index (χ0n) is 37.6. The largest absolute Gasteiger partial charge is 0.497 e. The number of amides is 4. The number of nitrogens with one attached hydrogen (secondary N) is 2. The number of carbonyl (C=O) groups excluding carboxylic acids is 4. The van der Waals surface area contributed by atoms with Gasteiger partial charge in [0.1, 0.15) is 35.7 Å². The summed E-state index contributed by atoms with van der Waals surface area (Å²) >= 11 is 0. The van der Waals surface area contributed by atoms with Crippen LogP contribution in [0.25, 0.3) is 0 Å². The number of aliphatic hydroxyl groups excluding tert-OH is 1. The lowest BCUT2D eigenvalue weighted by molar-refractivity contribution is -0.178. The first kappa shape index (κ1) is 45.2. The van der Waals surface area contributed by atoms with E-state index in [1.165, 1.54) is 6.08 Å². The molecule has 3 heterocycles. The lowest BCUT2D eigenvalue weighted by Gasteiger charge is -2.46. The molecule has 0 aliphatic carbocycles. The second-order valence-corrected chi connectivity index (χ2v) is 16.9. The number of fused-ring (bicyclic) bond motifs is 3. The number of benzene rings is 6. The number of esters is 1. The molecule has 7 atom stereocenters. The average molecular weight is 907 g/mol. The fourth-order valence-corrected chi connectivity index (χ4v) is 10.1. The molecular formula is C56H50N4O8. The van der Waals surface area contributed by atoms with Gasteiger partial charge >= 0.3 is 12.0 Å². The van der Waals surface area contributed by atoms with Crippen molar-refractivity contribution in [1.29, 1.82) is 0 Å². The molecule has 0 unspecified atom stereocenters. The smallest absolute Gasteiger partial charge is 0.329 e. The van der Waals surface area contributed by atoms with E-state index >= 15 is 19.2 Å². The molecule has 6 aromatic rings. The zero-order chi connectivity index (χ0) is 47.4. The molecule has 12 nitrogen and oxygen atoms in total. The Morgan fingerprint density at radius 1 is 0.794 bits per heavy atom. The number of carbonyl (C=O) groups is 4. The van der Waals surface area contributed by atoms with Crippen LogP contribution in [0.3, 0.4) is 0 Å². The number of hydrogen-bond donors (Lipinski definition) is 3. The Bertz CT molecular complexity index is 2880. The molecule has 6 aromatic carbocycles. The summed E-state index contributed by atoms with van der Waals surface area (Å²) in [6.45, 7) is 5.54. The van der Waals surface area contributed by atoms with Gasteiger partial charge in [-0.05, 0) is 89.3 Å². The predicted octanol–water partition coefficient (Wildman–Crippen LogP) is 7.90. The van der Waals surface area contributed by atoms with Crippen molar-refractivity contribution < 1.29 is 38.5 Å². The molecule has 4 amide bonds. The highest BCUT2D eigenvalue weighted by molar-refractivity contribution is 6.24. The lowest BCUT2D eigenvalue weighted by Crippen LogP contribution is -2.56. The number of ether oxygens (including phenoxy) is 3. The fraction of sp³-hybridized carbons (Fsp3) is 0.214. The quantitative estimate of drug-likeness (QED) is 0.0634. The SMILES string of the molecule is C=CCNC(=O)[C@@H]1[C@H]2C(=O)O[C@H](c3ccccc3)[C@H](c3ccccc3)N2[C@H](c2ccc(OCCO)cc2)[C@@]12C(=O)N(C(=O)N[C@H](C)c1ccccc1)c1ccc(C#Cc3ccc(OC)cc3)cc12. The predicted molar refractivity (Wildman–Crippen MR) is 257 cm³/mol. The van der Waals surface area contributed by atoms with Crippen LogP contribution in [-0.4, -0.2) is 66.7 Å². The first-order valence-electron chi connectivity index (χ1n) is 22.5. The highest BCUT2D eigenvalue weighted by Gasteiger charge is 2.75. The summed E-state index contributed by atoms with van der Waals surface area (Å²) in [5.74, 6) is 4.11. The van der Waals surface area contributed by atoms with Crippen LogP contribution in [0.2, 0.25) is 0 Å². The number of anilines is 1. The van der Waals surface area contributed by atoms with Crippen LogP contribution in [-0.2, 0) is 24.5 Å². The molecule has 342 valence electrons. The molecule has 3 aliphatic rings. The summed E-state index contributed by atoms with van der Waals surface area (Å²) in [6, 6.07) is 43.5. The van der Waals surface area contributed by atoms with E-state index in [4.69, 9.17) is 14.2 Å². The summed E-state index contributed by atoms with van der Waals surface area (Å²) in [7, 11) is 1.59. The van der Waals surface area contributed by atoms with E-state index in [1.807, 2.05) is 127 Å². The van der Waals surface area contributed by atoms with Crippen molar-refractivity contribution in [3.05, 3.63) is 209 Å². The number of aliphatic hydroxyl groups is 1. The Balaban J connectivity index is 1.33. The number of cyclic esters (lactones) is 1. The number of nitrogens with zero attached hydrogens (tertiary/aromatic N) is 2. The second-order valence-electron chi connectivity index (χ2n) is 16.9. The molecule has 0 radical (unpaired) electrons. The minimum Gasteiger partial charge on any atom is -0.497 e. The van der Waals surface area contributed by atoms with Crippen LogP contribution in [0.15, 0.2) is 170 Å². The van der Waals surface area contributed by atoms with Gasteiger partial charge in [-0.15, -0.1) is 6.58 Å². The van der Waals surface area contributed by atoms with E-state index in [2.05, 4.69) is 29.1 Å². The first-order chi connectivity index (χ1) is 33.2. The molecule has 3 aliphatic heterocycles. The molecular weight excluding hydrogens is 857 g/mol. The standard InChI is InChI=1S/C56H50N4O8/c1-4-32-57-52(62)47-49-53(63)68-50(41-18-12-7-13-19-41)48(40-16-10-6-11-17-40)60(49)51(42-25-29-44(30-26-42)67-34-33-61)56(47)45-35-38(21-20-37-22-27-43(66-3)28-23-37)24-31-46(45)59(54(56)64)55(65)58-36(2)39-14-8-5-9-15-39/h4-19,22-31,35-36,47-51,61H,1,32-34H2,2-3H3,(H,57,62)(H,58,65)/t36-,47+,48+,49+,50-,51-,56+/m1/s1. The van der Waals surface area contributed by atoms with Gasteiger partial charge in [0.15, 0.2) is 0 Å². The number of morpholine rings is 1. The fourth-order valence-electron chi connectivity index (χ4n) is 10.1. The molecule has 0 aromatic heterocycles. The molecule has 3 N–H and O–H groups in total. The summed E-state index contributed by atoms with van der Waals surface area (Å²) in [5.41, 5.74) is 2.63. The highest BCUT2D eigenvalue weighted by Crippen LogP contribution is 2.66. The van der Waals surface area contributed by atoms with E-state index in [0.29, 0.717) is 39.3 Å². The van der Waals surface area contributed by atoms with E-state index in [-0.39, 0.29) is 25.4 Å². The summed E-state index contributed by atoms with van der Waals surface area (Å²) in [5, 5.41) is 15.6. The van der Waals surface area contributed by atoms with Gasteiger partial charge in [-0.1, -0.05) is 121 Å². The molecule has 2 fully saturated rings. The van der Waals surface area contributed by atoms with Gasteiger partial charge in [0, 0.05) is 17.7 Å². The van der Waals surface area contributed by atoms with Crippen molar-refractivity contribution in [3.8, 4) is 23.3 Å². The first-order valence-corrected chi connectivity index (χ1v) is 22.5. The number of imide groups is 1. The molecule has 9 rings (SSSR count). The van der Waals surface area contributed by atoms with Gasteiger partial charge in [0.25, 0.3) is 0 Å². The topological polar surface area (TPSA) is 147 Å². The van der Waals surface area contributed by atoms with Crippen molar-refractivity contribution in [3.63, 3.8) is 0 Å². The third kappa shape index (κ3) is 8.16. The Morgan fingerprint density at radius 3 is 2.06 bits per heavy atom. The average Bonchev–Trinajstić information content (AvgIpc) is 3.84. The third-order valence-corrected chi connectivity index (χ3v) is 13.0. The number of urea groups is 1. The van der Waals surface area contributed by atoms with Crippen LogP contribution in [0, 0.1) is 17.8 Å². The van der Waals surface area contributed by atoms with Crippen molar-refractivity contribution in [2.24, 2.45) is 5.92 Å². The molecule has 68 heavy (non-hydrogen) atoms. The summed E-state index contributed by atoms with van der Waals surface area (Å²) in [4.78, 5) is 65.3. The van der Waals surface area contributed by atoms with Crippen LogP contribution >= 0.6 is 0 Å². The zero-order valence-corrected chi connectivity index (χ0v) is 37.6. The third-order valence-electron chi connectivity index (χ3n) is 13.0. The minimum atomic E-state index is -1.98. The Morgan fingerprint density at radius 2 is 1.41 bits per heavy atom. The van der Waals surface area contributed by atoms with E-state index in [9.17, 15) is 5.11 Å². The Labute approximate surface area is 395 Å². The molecule has 0 bridgehead atoms. The van der Waals surface area contributed by atoms with E-state index in [1.54, 1.807) is 49.6 Å². The Kier molecular flexibility index (Phi) is 12.9. The number of methoxy groups -OCH3 is 1. The molecule has 12 heteroatoms. The molecule has 1 spiro atoms. The van der Waals surface area contributed by atoms with Crippen molar-refractivity contribution >= 4 is 29.5 Å². The maximum Gasteiger partial charge on any atom is 0.329 e. The van der Waals surface area contributed by atoms with E-state index < -0.39 is 65.4 Å². The van der Waals surface area contributed by atoms with Gasteiger partial charge < -0.3 is 30.0 Å². The maximum atomic E-state index is 16.5. The van der Waals surface area contributed by atoms with Gasteiger partial charge in [-0.2, -0.15) is 0 Å². The maximum absolute atomic E-state index is 16.5. The van der Waals surface area contributed by atoms with Crippen LogP contribution in [0.5, 0.6) is 11.5 Å². The van der Waals surface area contributed by atoms with Gasteiger partial charge in [-0.3, -0.25) is 19.3 Å². The summed E-state index contributed by atoms with van der Waals surface area (Å²) < 4.78 is 17.7. The van der Waals surface area contributed by atoms with Gasteiger partial charge in [-0.25, -0.2) is 9.69 Å². The minimum absolute atomic E-state index is 0.0245. The number of hydrogen-bond acceptors (Lipinski definition) is 9. The summed E-state index contributed by atoms with van der Waals surface area (Å²) in [6.07, 6.45) is 0.632. The molecule has 0 saturated carbocycles. The van der Waals surface area contributed by atoms with Gasteiger partial charge in [0.05, 0.1) is 43.4 Å². The van der Waals surface area contributed by atoms with Crippen LogP contribution < -0.4 is 25.0 Å². The second kappa shape index (κ2) is 19.5. The normalized spacial score (nSPS) is 21.9. The highest BCUT2D eigenvalue weighted by atomic mass is 16.6. The Hall–Kier alpha value is -7.98. The van der Waals surface area contributed by atoms with Crippen molar-refractivity contribution in [1.82, 2.24) is 15.5 Å². The van der Waals surface area contributed by atoms with Crippen molar-refractivity contribution in [2.45, 2.75) is 42.6 Å². The van der Waals surface area contributed by atoms with Crippen LogP contribution in [0.4, 0.5) is 10.5 Å². The lowest BCUT2D eigenvalue weighted by atomic mass is 9.65. The van der Waals surface area contributed by atoms with Gasteiger partial charge in [0.2, 0.25) is 11.8 Å². The van der Waals surface area contributed by atoms with Crippen LogP contribution in [0.1, 0.15) is 70.1 Å². The van der Waals surface area contributed by atoms with E-state index in [0.717, 1.165) is 16.0 Å². The monoisotopic (exact) mass is 906 g/mol. The number of rotatable bonds is 12.